The number of anilines is 1. The lowest BCUT2D eigenvalue weighted by atomic mass is 10.2. The fourth-order valence-electron chi connectivity index (χ4n) is 3.29. The van der Waals surface area contributed by atoms with E-state index in [1.165, 1.54) is 10.9 Å². The molecule has 0 radical (unpaired) electrons. The Kier molecular flexibility index (Phi) is 9.75. The fourth-order valence-corrected chi connectivity index (χ4v) is 7.26. The number of fused-ring (bicyclic) bond motifs is 1. The summed E-state index contributed by atoms with van der Waals surface area (Å²) in [6.45, 7) is 3.71. The predicted molar refractivity (Wildman–Crippen MR) is 132 cm³/mol. The number of carbonyl (C=O) groups excluding carboxylic acids is 2. The second kappa shape index (κ2) is 12.0. The highest BCUT2D eigenvalue weighted by atomic mass is 32.7. The number of phosphoric acid groups is 2. The average molecular weight is 635 g/mol. The van der Waals surface area contributed by atoms with Gasteiger partial charge in [0, 0.05) is 19.3 Å². The lowest BCUT2D eigenvalue weighted by molar-refractivity contribution is -0.150. The van der Waals surface area contributed by atoms with Gasteiger partial charge in [-0.3, -0.25) is 34.1 Å². The van der Waals surface area contributed by atoms with Crippen LogP contribution in [0.15, 0.2) is 11.1 Å². The molecule has 3 heterocycles. The van der Waals surface area contributed by atoms with E-state index in [2.05, 4.69) is 41.1 Å². The fraction of sp³-hybridized carbons (Fsp3) is 0.562. The van der Waals surface area contributed by atoms with Crippen molar-refractivity contribution in [2.24, 2.45) is 5.92 Å². The average Bonchev–Trinajstić information content (AvgIpc) is 3.33. The molecule has 0 saturated carbocycles. The number of H-pyrrole nitrogens is 1. The Hall–Kier alpha value is -1.79. The van der Waals surface area contributed by atoms with Crippen molar-refractivity contribution in [2.75, 3.05) is 11.9 Å². The van der Waals surface area contributed by atoms with Crippen LogP contribution in [0.3, 0.4) is 0 Å². The number of nitrogens with one attached hydrogen (secondary N) is 2. The molecule has 39 heavy (non-hydrogen) atoms. The molecule has 0 spiro atoms. The minimum atomic E-state index is -5.54. The molecule has 6 N–H and O–H groups in total. The molecule has 218 valence electrons. The number of esters is 1. The van der Waals surface area contributed by atoms with Crippen LogP contribution in [0.25, 0.3) is 11.2 Å². The van der Waals surface area contributed by atoms with Crippen LogP contribution in [0, 0.1) is 5.92 Å². The Morgan fingerprint density at radius 3 is 2.62 bits per heavy atom. The second-order valence-electron chi connectivity index (χ2n) is 8.28. The Balaban J connectivity index is 1.81. The monoisotopic (exact) mass is 635 g/mol. The summed E-state index contributed by atoms with van der Waals surface area (Å²) < 4.78 is 47.6. The molecule has 1 amide bonds. The maximum Gasteiger partial charge on any atom is 0.518 e. The molecule has 0 bridgehead atoms. The molecule has 5 atom stereocenters. The number of aromatic nitrogens is 4. The Morgan fingerprint density at radius 1 is 1.36 bits per heavy atom. The highest BCUT2D eigenvalue weighted by Gasteiger charge is 2.46. The lowest BCUT2D eigenvalue weighted by Gasteiger charge is -2.25. The molecule has 1 aliphatic heterocycles. The third-order valence-corrected chi connectivity index (χ3v) is 9.54. The maximum absolute atomic E-state index is 12.5. The molecule has 1 aliphatic rings. The molecule has 0 aromatic carbocycles. The van der Waals surface area contributed by atoms with Crippen LogP contribution < -0.4 is 10.9 Å². The number of imidazole rings is 1. The molecule has 2 aromatic heterocycles. The van der Waals surface area contributed by atoms with E-state index in [9.17, 15) is 33.3 Å². The third-order valence-electron chi connectivity index (χ3n) is 4.82. The highest BCUT2D eigenvalue weighted by Crippen LogP contribution is 2.70. The zero-order valence-electron chi connectivity index (χ0n) is 20.3. The predicted octanol–water partition coefficient (Wildman–Crippen LogP) is 0.393. The van der Waals surface area contributed by atoms with Gasteiger partial charge in [-0.15, -0.1) is 0 Å². The van der Waals surface area contributed by atoms with Gasteiger partial charge in [-0.05, 0) is 0 Å². The van der Waals surface area contributed by atoms with Gasteiger partial charge in [-0.2, -0.15) is 13.8 Å². The molecule has 0 aliphatic carbocycles. The number of carbonyl (C=O) groups is 2. The minimum absolute atomic E-state index is 0.0114. The minimum Gasteiger partial charge on any atom is -0.460 e. The summed E-state index contributed by atoms with van der Waals surface area (Å²) in [6, 6.07) is 0. The molecule has 3 rings (SSSR count). The first-order chi connectivity index (χ1) is 17.9. The van der Waals surface area contributed by atoms with Gasteiger partial charge in [0.15, 0.2) is 11.2 Å². The normalized spacial score (nSPS) is 22.9. The van der Waals surface area contributed by atoms with Gasteiger partial charge in [0.25, 0.3) is 5.56 Å². The summed E-state index contributed by atoms with van der Waals surface area (Å²) in [5, 5.41) is 2.47. The zero-order valence-corrected chi connectivity index (χ0v) is 23.8. The van der Waals surface area contributed by atoms with E-state index in [0.29, 0.717) is 0 Å². The van der Waals surface area contributed by atoms with Crippen molar-refractivity contribution >= 4 is 64.0 Å². The molecule has 1 saturated heterocycles. The van der Waals surface area contributed by atoms with E-state index >= 15 is 0 Å². The molecular formula is C16H24N5O14P3S. The summed E-state index contributed by atoms with van der Waals surface area (Å²) in [5.74, 6) is -1.68. The van der Waals surface area contributed by atoms with Crippen LogP contribution in [0.1, 0.15) is 33.4 Å². The summed E-state index contributed by atoms with van der Waals surface area (Å²) in [4.78, 5) is 83.6. The van der Waals surface area contributed by atoms with Gasteiger partial charge in [-0.25, -0.2) is 19.0 Å². The quantitative estimate of drug-likeness (QED) is 0.111. The van der Waals surface area contributed by atoms with Crippen LogP contribution in [0.2, 0.25) is 0 Å². The Labute approximate surface area is 224 Å². The number of amides is 1. The third kappa shape index (κ3) is 8.85. The van der Waals surface area contributed by atoms with E-state index in [1.54, 1.807) is 13.8 Å². The Bertz CT molecular complexity index is 1390. The van der Waals surface area contributed by atoms with E-state index in [0.717, 1.165) is 6.92 Å². The van der Waals surface area contributed by atoms with Crippen LogP contribution >= 0.6 is 22.8 Å². The van der Waals surface area contributed by atoms with Crippen molar-refractivity contribution in [1.29, 1.82) is 0 Å². The van der Waals surface area contributed by atoms with E-state index in [4.69, 9.17) is 23.8 Å². The number of ether oxygens (including phenoxy) is 2. The number of nitrogens with zero attached hydrogens (tertiary/aromatic N) is 3. The topological polar surface area (TPSA) is 271 Å². The van der Waals surface area contributed by atoms with Crippen LogP contribution in [0.4, 0.5) is 5.95 Å². The number of hydrogen-bond donors (Lipinski definition) is 6. The smallest absolute Gasteiger partial charge is 0.460 e. The van der Waals surface area contributed by atoms with Crippen molar-refractivity contribution in [2.45, 2.75) is 45.6 Å². The van der Waals surface area contributed by atoms with Crippen LogP contribution in [-0.4, -0.2) is 69.8 Å². The second-order valence-corrected chi connectivity index (χ2v) is 14.1. The first kappa shape index (κ1) is 31.7. The first-order valence-corrected chi connectivity index (χ1v) is 16.4. The SMILES string of the molecule is CC(=O)O[C@H]1C[C@H](n2cnc3c(=O)[nH]c(NC(=O)C(C)C)nc32)O[C@@H]1CO[P+](O)([S-])OP(=O)(O)OP(=O)(O)O. The van der Waals surface area contributed by atoms with Gasteiger partial charge < -0.3 is 31.5 Å². The highest BCUT2D eigenvalue weighted by molar-refractivity contribution is 8.36. The van der Waals surface area contributed by atoms with Crippen molar-refractivity contribution in [1.82, 2.24) is 19.5 Å². The van der Waals surface area contributed by atoms with Gasteiger partial charge in [0.1, 0.15) is 25.0 Å². The van der Waals surface area contributed by atoms with Gasteiger partial charge in [0.2, 0.25) is 11.9 Å². The summed E-state index contributed by atoms with van der Waals surface area (Å²) in [6.07, 6.45) is -2.00. The summed E-state index contributed by atoms with van der Waals surface area (Å²) >= 11 is 4.59. The van der Waals surface area contributed by atoms with Crippen molar-refractivity contribution in [3.63, 3.8) is 0 Å². The van der Waals surface area contributed by atoms with Crippen LogP contribution in [0.5, 0.6) is 0 Å². The van der Waals surface area contributed by atoms with E-state index < -0.39 is 71.2 Å². The summed E-state index contributed by atoms with van der Waals surface area (Å²) in [7, 11) is -15.7. The number of rotatable bonds is 11. The first-order valence-electron chi connectivity index (χ1n) is 10.7. The van der Waals surface area contributed by atoms with Crippen LogP contribution in [-0.2, 0) is 53.6 Å². The zero-order chi connectivity index (χ0) is 29.3. The Morgan fingerprint density at radius 2 is 2.03 bits per heavy atom. The van der Waals surface area contributed by atoms with Gasteiger partial charge in [-0.1, -0.05) is 18.2 Å². The van der Waals surface area contributed by atoms with E-state index in [-0.39, 0.29) is 23.5 Å². The molecule has 2 unspecified atom stereocenters. The molecule has 1 fully saturated rings. The van der Waals surface area contributed by atoms with Gasteiger partial charge in [0.05, 0.1) is 6.33 Å². The van der Waals surface area contributed by atoms with Crippen molar-refractivity contribution in [3.05, 3.63) is 16.7 Å². The number of aromatic amines is 1. The van der Waals surface area contributed by atoms with Gasteiger partial charge >= 0.3 is 28.8 Å². The molecule has 23 heteroatoms. The molecule has 2 aromatic rings. The van der Waals surface area contributed by atoms with Crippen molar-refractivity contribution < 1.29 is 60.9 Å². The maximum atomic E-state index is 12.5. The van der Waals surface area contributed by atoms with Crippen molar-refractivity contribution in [3.8, 4) is 0 Å². The van der Waals surface area contributed by atoms with E-state index in [1.807, 2.05) is 0 Å². The molecular weight excluding hydrogens is 611 g/mol. The largest absolute Gasteiger partial charge is 0.518 e. The number of hydrogen-bond acceptors (Lipinski definition) is 14. The summed E-state index contributed by atoms with van der Waals surface area (Å²) in [5.41, 5.74) is -0.735. The standard InChI is InChI=1S/C16H24N5O14P3S/c1-7(2)14(23)19-16-18-13-12(15(24)20-16)17-6-21(13)11-4-9(32-8(3)22)10(33-11)5-31-38(30,39)35-37(28,29)34-36(25,26)27/h6-7,9-11H,4-5H2,1-3H3,(H,28,29)(H,30,39)(H2,25,26,27)(H2,18,19,20,23,24)/t9-,10+,11+,38?/m0/s1. The lowest BCUT2D eigenvalue weighted by Crippen LogP contribution is -2.30. The molecule has 19 nitrogen and oxygen atoms in total.